The Morgan fingerprint density at radius 3 is 2.44 bits per heavy atom. The van der Waals surface area contributed by atoms with Gasteiger partial charge in [0.25, 0.3) is 0 Å². The zero-order chi connectivity index (χ0) is 14.7. The van der Waals surface area contributed by atoms with E-state index in [4.69, 9.17) is 8.48 Å². The van der Waals surface area contributed by atoms with Crippen LogP contribution in [-0.4, -0.2) is 5.96 Å². The third kappa shape index (κ3) is 2.88. The van der Waals surface area contributed by atoms with Crippen molar-refractivity contribution in [3.05, 3.63) is 59.6 Å². The molecule has 3 nitrogen and oxygen atoms in total. The first-order valence-corrected chi connectivity index (χ1v) is 5.71. The summed E-state index contributed by atoms with van der Waals surface area (Å²) in [5.41, 5.74) is 9.31. The number of nitrogens with one attached hydrogen (secondary N) is 1. The molecule has 0 spiro atoms. The number of benzene rings is 2. The van der Waals surface area contributed by atoms with Gasteiger partial charge in [0.1, 0.15) is 0 Å². The monoisotopic (exact) mass is 243 g/mol. The van der Waals surface area contributed by atoms with Gasteiger partial charge in [-0.2, -0.15) is 0 Å². The Hall–Kier alpha value is -2.29. The minimum atomic E-state index is 0.284. The Bertz CT molecular complexity index is 666. The molecule has 0 radical (unpaired) electrons. The van der Waals surface area contributed by atoms with E-state index >= 15 is 0 Å². The molecule has 0 saturated heterocycles. The molecule has 0 amide bonds. The van der Waals surface area contributed by atoms with Crippen LogP contribution in [0.2, 0.25) is 0 Å². The molecule has 0 fully saturated rings. The molecule has 0 aliphatic rings. The molecule has 0 aromatic heterocycles. The summed E-state index contributed by atoms with van der Waals surface area (Å²) in [6.07, 6.45) is 0. The number of aryl methyl sites for hydroxylation is 2. The maximum atomic E-state index is 7.54. The number of nitrogens with two attached hydrogens (primary N) is 1. The maximum absolute atomic E-state index is 7.54. The molecular weight excluding hydrogens is 222 g/mol. The van der Waals surface area contributed by atoms with Gasteiger partial charge in [-0.1, -0.05) is 36.4 Å². The van der Waals surface area contributed by atoms with Gasteiger partial charge in [0.15, 0.2) is 5.96 Å². The molecule has 92 valence electrons. The fraction of sp³-hybridized carbons (Fsp3) is 0.133. The summed E-state index contributed by atoms with van der Waals surface area (Å²) in [5, 5.41) is 3.03. The van der Waals surface area contributed by atoms with Crippen LogP contribution in [0.25, 0.3) is 0 Å². The van der Waals surface area contributed by atoms with E-state index in [1.165, 1.54) is 0 Å². The van der Waals surface area contributed by atoms with Crippen LogP contribution < -0.4 is 11.1 Å². The summed E-state index contributed by atoms with van der Waals surface area (Å²) in [6, 6.07) is 11.4. The number of nitrogens with zero attached hydrogens (tertiary/aromatic N) is 1. The summed E-state index contributed by atoms with van der Waals surface area (Å²) in [5.74, 6) is 0.284. The normalized spacial score (nSPS) is 12.9. The molecule has 0 unspecified atom stereocenters. The molecule has 0 bridgehead atoms. The molecule has 0 saturated carbocycles. The Morgan fingerprint density at radius 2 is 1.78 bits per heavy atom. The quantitative estimate of drug-likeness (QED) is 0.627. The van der Waals surface area contributed by atoms with Crippen LogP contribution in [0.5, 0.6) is 0 Å². The van der Waals surface area contributed by atoms with Crippen LogP contribution in [-0.2, 0) is 0 Å². The van der Waals surface area contributed by atoms with Crippen molar-refractivity contribution in [3.63, 3.8) is 0 Å². The smallest absolute Gasteiger partial charge is 0.198 e. The lowest BCUT2D eigenvalue weighted by Crippen LogP contribution is -2.22. The number of guanidine groups is 1. The van der Waals surface area contributed by atoms with Gasteiger partial charge in [-0.15, -0.1) is 0 Å². The molecule has 2 rings (SSSR count). The first-order valence-electron chi connectivity index (χ1n) is 6.71. The summed E-state index contributed by atoms with van der Waals surface area (Å²) in [7, 11) is 0. The van der Waals surface area contributed by atoms with Crippen LogP contribution in [0.4, 0.5) is 11.4 Å². The average molecular weight is 243 g/mol. The van der Waals surface area contributed by atoms with E-state index < -0.39 is 0 Å². The van der Waals surface area contributed by atoms with Crippen molar-refractivity contribution in [3.8, 4) is 0 Å². The number of hydrogen-bond donors (Lipinski definition) is 2. The lowest BCUT2D eigenvalue weighted by molar-refractivity contribution is 1.36. The van der Waals surface area contributed by atoms with Gasteiger partial charge < -0.3 is 11.1 Å². The summed E-state index contributed by atoms with van der Waals surface area (Å²) >= 11 is 0. The average Bonchev–Trinajstić information content (AvgIpc) is 2.36. The van der Waals surface area contributed by atoms with Crippen molar-refractivity contribution in [2.45, 2.75) is 13.8 Å². The van der Waals surface area contributed by atoms with Gasteiger partial charge >= 0.3 is 0 Å². The summed E-state index contributed by atoms with van der Waals surface area (Å²) in [4.78, 5) is 4.31. The molecule has 0 aliphatic carbocycles. The largest absolute Gasteiger partial charge is 0.369 e. The van der Waals surface area contributed by atoms with Gasteiger partial charge in [-0.3, -0.25) is 0 Å². The lowest BCUT2D eigenvalue weighted by Gasteiger charge is -2.08. The first kappa shape index (κ1) is 9.71. The molecule has 18 heavy (non-hydrogen) atoms. The lowest BCUT2D eigenvalue weighted by atomic mass is 10.2. The molecule has 0 heterocycles. The Labute approximate surface area is 110 Å². The predicted octanol–water partition coefficient (Wildman–Crippen LogP) is 3.36. The number of rotatable bonds is 2. The number of para-hydroxylation sites is 2. The highest BCUT2D eigenvalue weighted by molar-refractivity contribution is 5.94. The minimum absolute atomic E-state index is 0.284. The van der Waals surface area contributed by atoms with Gasteiger partial charge in [-0.25, -0.2) is 4.99 Å². The van der Waals surface area contributed by atoms with Crippen molar-refractivity contribution < 1.29 is 2.74 Å². The van der Waals surface area contributed by atoms with E-state index in [0.29, 0.717) is 12.1 Å². The van der Waals surface area contributed by atoms with Crippen LogP contribution in [0.3, 0.4) is 0 Å². The van der Waals surface area contributed by atoms with Crippen molar-refractivity contribution >= 4 is 17.3 Å². The molecule has 2 aromatic rings. The third-order valence-electron chi connectivity index (χ3n) is 2.62. The number of aliphatic imine (C=N–C) groups is 1. The van der Waals surface area contributed by atoms with E-state index in [2.05, 4.69) is 10.3 Å². The molecule has 0 atom stereocenters. The maximum Gasteiger partial charge on any atom is 0.198 e. The first-order chi connectivity index (χ1) is 9.45. The Kier molecular flexibility index (Phi) is 2.89. The summed E-state index contributed by atoms with van der Waals surface area (Å²) < 4.78 is 15.1. The highest BCUT2D eigenvalue weighted by Crippen LogP contribution is 2.18. The highest BCUT2D eigenvalue weighted by atomic mass is 15.1. The van der Waals surface area contributed by atoms with Gasteiger partial charge in [-0.05, 0) is 37.1 Å². The van der Waals surface area contributed by atoms with Crippen LogP contribution in [0.1, 0.15) is 13.9 Å². The van der Waals surface area contributed by atoms with E-state index in [-0.39, 0.29) is 5.96 Å². The van der Waals surface area contributed by atoms with E-state index in [1.807, 2.05) is 13.8 Å². The van der Waals surface area contributed by atoms with Crippen molar-refractivity contribution in [2.24, 2.45) is 10.7 Å². The predicted molar refractivity (Wildman–Crippen MR) is 77.3 cm³/mol. The van der Waals surface area contributed by atoms with Gasteiger partial charge in [0, 0.05) is 5.69 Å². The van der Waals surface area contributed by atoms with Crippen molar-refractivity contribution in [1.82, 2.24) is 0 Å². The number of hydrogen-bond acceptors (Lipinski definition) is 1. The van der Waals surface area contributed by atoms with Gasteiger partial charge in [0.05, 0.1) is 8.43 Å². The summed E-state index contributed by atoms with van der Waals surface area (Å²) in [6.45, 7) is 3.80. The zero-order valence-electron chi connectivity index (χ0n) is 12.5. The fourth-order valence-electron chi connectivity index (χ4n) is 1.58. The highest BCUT2D eigenvalue weighted by Gasteiger charge is 1.99. The van der Waals surface area contributed by atoms with E-state index in [0.717, 1.165) is 22.5 Å². The molecule has 0 aliphatic heterocycles. The van der Waals surface area contributed by atoms with E-state index in [9.17, 15) is 0 Å². The molecular formula is C15H17N3. The Morgan fingerprint density at radius 1 is 1.11 bits per heavy atom. The number of anilines is 1. The standard InChI is InChI=1S/C15H17N3/c1-11-7-3-5-9-13(11)17-15(16)18-14-10-6-4-8-12(14)2/h3-10H,1-2H3,(H3,16,17,18)/i3T,4T. The minimum Gasteiger partial charge on any atom is -0.369 e. The van der Waals surface area contributed by atoms with Crippen molar-refractivity contribution in [1.29, 1.82) is 0 Å². The second-order valence-electron chi connectivity index (χ2n) is 4.08. The Balaban J connectivity index is 2.22. The third-order valence-corrected chi connectivity index (χ3v) is 2.62. The van der Waals surface area contributed by atoms with Crippen LogP contribution >= 0.6 is 0 Å². The topological polar surface area (TPSA) is 50.4 Å². The second kappa shape index (κ2) is 5.36. The van der Waals surface area contributed by atoms with Crippen LogP contribution in [0.15, 0.2) is 53.5 Å². The van der Waals surface area contributed by atoms with E-state index in [1.54, 1.807) is 36.4 Å². The molecule has 2 aromatic carbocycles. The SMILES string of the molecule is [3H]c1ccc(N=C(N)Nc2ccc([3H])cc2C)c(C)c1. The second-order valence-corrected chi connectivity index (χ2v) is 4.08. The fourth-order valence-corrected chi connectivity index (χ4v) is 1.58. The zero-order valence-corrected chi connectivity index (χ0v) is 10.5. The van der Waals surface area contributed by atoms with Crippen LogP contribution in [0, 0.1) is 13.8 Å². The van der Waals surface area contributed by atoms with Gasteiger partial charge in [0.2, 0.25) is 0 Å². The molecule has 3 heteroatoms. The van der Waals surface area contributed by atoms with Crippen molar-refractivity contribution in [2.75, 3.05) is 5.32 Å². The molecule has 3 N–H and O–H groups in total.